The number of likely N-dealkylation sites (N-methyl/N-ethyl adjacent to an activating group) is 1. The first kappa shape index (κ1) is 13.1. The molecule has 1 heterocycles. The van der Waals surface area contributed by atoms with Crippen molar-refractivity contribution in [2.45, 2.75) is 33.2 Å². The van der Waals surface area contributed by atoms with Crippen LogP contribution in [0, 0.1) is 5.92 Å². The van der Waals surface area contributed by atoms with Crippen LogP contribution in [0.3, 0.4) is 0 Å². The van der Waals surface area contributed by atoms with Gasteiger partial charge in [-0.3, -0.25) is 4.68 Å². The summed E-state index contributed by atoms with van der Waals surface area (Å²) < 4.78 is 1.98. The second-order valence-corrected chi connectivity index (χ2v) is 5.20. The van der Waals surface area contributed by atoms with E-state index in [9.17, 15) is 0 Å². The molecule has 1 unspecified atom stereocenters. The van der Waals surface area contributed by atoms with Crippen LogP contribution in [0.4, 0.5) is 0 Å². The molecule has 3 nitrogen and oxygen atoms in total. The summed E-state index contributed by atoms with van der Waals surface area (Å²) in [5.74, 6) is 0.616. The number of nitrogens with one attached hydrogen (secondary N) is 1. The molecule has 2 aromatic rings. The maximum atomic E-state index is 4.67. The molecule has 0 saturated carbocycles. The van der Waals surface area contributed by atoms with Crippen LogP contribution in [-0.4, -0.2) is 22.4 Å². The molecule has 1 N–H and O–H groups in total. The highest BCUT2D eigenvalue weighted by molar-refractivity contribution is 5.81. The van der Waals surface area contributed by atoms with Crippen molar-refractivity contribution >= 4 is 10.9 Å². The smallest absolute Gasteiger partial charge is 0.0718 e. The Hall–Kier alpha value is -1.35. The van der Waals surface area contributed by atoms with E-state index in [1.807, 2.05) is 11.7 Å². The Bertz CT molecular complexity index is 513. The molecule has 1 aromatic heterocycles. The molecule has 0 aliphatic rings. The third kappa shape index (κ3) is 2.56. The van der Waals surface area contributed by atoms with E-state index in [0.29, 0.717) is 12.0 Å². The summed E-state index contributed by atoms with van der Waals surface area (Å²) in [7, 11) is 2.02. The van der Waals surface area contributed by atoms with Gasteiger partial charge in [-0.25, -0.2) is 0 Å². The van der Waals surface area contributed by atoms with Crippen molar-refractivity contribution < 1.29 is 0 Å². The van der Waals surface area contributed by atoms with Gasteiger partial charge in [0.25, 0.3) is 0 Å². The van der Waals surface area contributed by atoms with Gasteiger partial charge >= 0.3 is 0 Å². The summed E-state index contributed by atoms with van der Waals surface area (Å²) in [5.41, 5.74) is 2.42. The SMILES string of the molecule is CCNC(Cc1nn(C)c2ccccc12)C(C)C. The minimum absolute atomic E-state index is 0.494. The maximum Gasteiger partial charge on any atom is 0.0718 e. The number of rotatable bonds is 5. The molecule has 0 bridgehead atoms. The summed E-state index contributed by atoms with van der Waals surface area (Å²) >= 11 is 0. The zero-order valence-corrected chi connectivity index (χ0v) is 11.8. The molecule has 2 rings (SSSR count). The van der Waals surface area contributed by atoms with Gasteiger partial charge in [0, 0.05) is 24.9 Å². The van der Waals surface area contributed by atoms with Crippen molar-refractivity contribution in [1.82, 2.24) is 15.1 Å². The molecular formula is C15H23N3. The van der Waals surface area contributed by atoms with Crippen LogP contribution >= 0.6 is 0 Å². The van der Waals surface area contributed by atoms with Crippen molar-refractivity contribution in [1.29, 1.82) is 0 Å². The highest BCUT2D eigenvalue weighted by Crippen LogP contribution is 2.20. The zero-order chi connectivity index (χ0) is 13.1. The Labute approximate surface area is 109 Å². The third-order valence-electron chi connectivity index (χ3n) is 3.52. The predicted molar refractivity (Wildman–Crippen MR) is 76.7 cm³/mol. The van der Waals surface area contributed by atoms with Crippen LogP contribution < -0.4 is 5.32 Å². The molecular weight excluding hydrogens is 222 g/mol. The lowest BCUT2D eigenvalue weighted by atomic mass is 9.98. The van der Waals surface area contributed by atoms with Gasteiger partial charge < -0.3 is 5.32 Å². The van der Waals surface area contributed by atoms with E-state index >= 15 is 0 Å². The summed E-state index contributed by atoms with van der Waals surface area (Å²) in [6, 6.07) is 8.95. The van der Waals surface area contributed by atoms with Gasteiger partial charge in [0.15, 0.2) is 0 Å². The van der Waals surface area contributed by atoms with Gasteiger partial charge in [0.1, 0.15) is 0 Å². The van der Waals surface area contributed by atoms with Crippen LogP contribution in [0.1, 0.15) is 26.5 Å². The largest absolute Gasteiger partial charge is 0.314 e. The molecule has 1 aromatic carbocycles. The molecule has 0 aliphatic carbocycles. The average molecular weight is 245 g/mol. The Kier molecular flexibility index (Phi) is 4.02. The fourth-order valence-corrected chi connectivity index (χ4v) is 2.45. The normalized spacial score (nSPS) is 13.4. The quantitative estimate of drug-likeness (QED) is 0.878. The first-order valence-electron chi connectivity index (χ1n) is 6.77. The second kappa shape index (κ2) is 5.53. The van der Waals surface area contributed by atoms with Gasteiger partial charge in [-0.05, 0) is 18.5 Å². The predicted octanol–water partition coefficient (Wildman–Crippen LogP) is 2.75. The van der Waals surface area contributed by atoms with Gasteiger partial charge in [-0.1, -0.05) is 39.0 Å². The molecule has 0 spiro atoms. The van der Waals surface area contributed by atoms with E-state index in [1.54, 1.807) is 0 Å². The Balaban J connectivity index is 2.30. The van der Waals surface area contributed by atoms with Crippen LogP contribution in [0.25, 0.3) is 10.9 Å². The van der Waals surface area contributed by atoms with Crippen LogP contribution in [0.2, 0.25) is 0 Å². The average Bonchev–Trinajstić information content (AvgIpc) is 2.66. The molecule has 0 saturated heterocycles. The molecule has 98 valence electrons. The standard InChI is InChI=1S/C15H23N3/c1-5-16-13(11(2)3)10-14-12-8-6-7-9-15(12)18(4)17-14/h6-9,11,13,16H,5,10H2,1-4H3. The Morgan fingerprint density at radius 1 is 1.28 bits per heavy atom. The van der Waals surface area contributed by atoms with Crippen molar-refractivity contribution in [2.24, 2.45) is 13.0 Å². The molecule has 0 aliphatic heterocycles. The van der Waals surface area contributed by atoms with Crippen LogP contribution in [-0.2, 0) is 13.5 Å². The number of aryl methyl sites for hydroxylation is 1. The van der Waals surface area contributed by atoms with E-state index in [2.05, 4.69) is 55.5 Å². The number of nitrogens with zero attached hydrogens (tertiary/aromatic N) is 2. The van der Waals surface area contributed by atoms with E-state index in [0.717, 1.165) is 13.0 Å². The lowest BCUT2D eigenvalue weighted by molar-refractivity contribution is 0.402. The summed E-state index contributed by atoms with van der Waals surface area (Å²) in [6.45, 7) is 7.69. The minimum Gasteiger partial charge on any atom is -0.314 e. The van der Waals surface area contributed by atoms with Gasteiger partial charge in [-0.2, -0.15) is 5.10 Å². The van der Waals surface area contributed by atoms with E-state index in [4.69, 9.17) is 0 Å². The fraction of sp³-hybridized carbons (Fsp3) is 0.533. The number of benzene rings is 1. The number of fused-ring (bicyclic) bond motifs is 1. The molecule has 1 atom stereocenters. The van der Waals surface area contributed by atoms with Gasteiger partial charge in [-0.15, -0.1) is 0 Å². The number of para-hydroxylation sites is 1. The summed E-state index contributed by atoms with van der Waals surface area (Å²) in [5, 5.41) is 9.51. The van der Waals surface area contributed by atoms with Crippen LogP contribution in [0.15, 0.2) is 24.3 Å². The van der Waals surface area contributed by atoms with Crippen molar-refractivity contribution in [3.8, 4) is 0 Å². The van der Waals surface area contributed by atoms with Crippen LogP contribution in [0.5, 0.6) is 0 Å². The topological polar surface area (TPSA) is 29.9 Å². The fourth-order valence-electron chi connectivity index (χ4n) is 2.45. The number of aromatic nitrogens is 2. The lowest BCUT2D eigenvalue weighted by Gasteiger charge is -2.20. The number of hydrogen-bond acceptors (Lipinski definition) is 2. The molecule has 0 radical (unpaired) electrons. The number of hydrogen-bond donors (Lipinski definition) is 1. The monoisotopic (exact) mass is 245 g/mol. The minimum atomic E-state index is 0.494. The molecule has 0 fully saturated rings. The Morgan fingerprint density at radius 2 is 2.00 bits per heavy atom. The highest BCUT2D eigenvalue weighted by Gasteiger charge is 2.16. The maximum absolute atomic E-state index is 4.67. The van der Waals surface area contributed by atoms with Crippen molar-refractivity contribution in [3.05, 3.63) is 30.0 Å². The first-order valence-corrected chi connectivity index (χ1v) is 6.77. The first-order chi connectivity index (χ1) is 8.63. The summed E-state index contributed by atoms with van der Waals surface area (Å²) in [6.07, 6.45) is 0.993. The molecule has 0 amide bonds. The second-order valence-electron chi connectivity index (χ2n) is 5.20. The van der Waals surface area contributed by atoms with Crippen molar-refractivity contribution in [2.75, 3.05) is 6.54 Å². The third-order valence-corrected chi connectivity index (χ3v) is 3.52. The van der Waals surface area contributed by atoms with Crippen molar-refractivity contribution in [3.63, 3.8) is 0 Å². The lowest BCUT2D eigenvalue weighted by Crippen LogP contribution is -2.35. The molecule has 18 heavy (non-hydrogen) atoms. The van der Waals surface area contributed by atoms with Gasteiger partial charge in [0.2, 0.25) is 0 Å². The van der Waals surface area contributed by atoms with E-state index in [-0.39, 0.29) is 0 Å². The van der Waals surface area contributed by atoms with E-state index in [1.165, 1.54) is 16.6 Å². The Morgan fingerprint density at radius 3 is 2.67 bits per heavy atom. The highest BCUT2D eigenvalue weighted by atomic mass is 15.3. The summed E-state index contributed by atoms with van der Waals surface area (Å²) in [4.78, 5) is 0. The van der Waals surface area contributed by atoms with E-state index < -0.39 is 0 Å². The zero-order valence-electron chi connectivity index (χ0n) is 11.8. The van der Waals surface area contributed by atoms with Gasteiger partial charge in [0.05, 0.1) is 11.2 Å². The molecule has 3 heteroatoms.